The van der Waals surface area contributed by atoms with E-state index in [0.717, 1.165) is 39.6 Å². The number of anilines is 1. The van der Waals surface area contributed by atoms with E-state index in [4.69, 9.17) is 4.74 Å². The largest absolute Gasteiger partial charge is 0.481 e. The molecule has 6 nitrogen and oxygen atoms in total. The van der Waals surface area contributed by atoms with Gasteiger partial charge in [0.2, 0.25) is 11.8 Å². The third-order valence-electron chi connectivity index (χ3n) is 5.26. The number of halogens is 3. The van der Waals surface area contributed by atoms with Gasteiger partial charge in [0.25, 0.3) is 0 Å². The summed E-state index contributed by atoms with van der Waals surface area (Å²) < 4.78 is 46.0. The molecule has 3 aromatic heterocycles. The molecular weight excluding hydrogens is 433 g/mol. The lowest BCUT2D eigenvalue weighted by Gasteiger charge is -2.19. The number of rotatable bonds is 5. The molecule has 0 saturated carbocycles. The van der Waals surface area contributed by atoms with Crippen molar-refractivity contribution in [1.29, 1.82) is 0 Å². The molecule has 4 aromatic rings. The number of ether oxygens (including phenoxy) is 1. The summed E-state index contributed by atoms with van der Waals surface area (Å²) in [5.74, 6) is -0.0863. The number of nitrogens with zero attached hydrogens (tertiary/aromatic N) is 3. The molecule has 1 aromatic carbocycles. The number of methoxy groups -OCH3 is 1. The molecule has 4 rings (SSSR count). The molecule has 0 aliphatic carbocycles. The fourth-order valence-electron chi connectivity index (χ4n) is 3.49. The SMILES string of the molecule is C=CC(=O)N(C)c1cc(-c2cnc3[nH]cc(-c4ccnc(OC)c4)c3c2)cc(C(F)(F)F)c1. The number of alkyl halides is 3. The van der Waals surface area contributed by atoms with Crippen LogP contribution in [0.1, 0.15) is 5.56 Å². The van der Waals surface area contributed by atoms with Gasteiger partial charge in [-0.15, -0.1) is 0 Å². The van der Waals surface area contributed by atoms with E-state index >= 15 is 0 Å². The summed E-state index contributed by atoms with van der Waals surface area (Å²) in [5.41, 5.74) is 2.16. The third-order valence-corrected chi connectivity index (χ3v) is 5.26. The Kier molecular flexibility index (Phi) is 5.63. The summed E-state index contributed by atoms with van der Waals surface area (Å²) in [7, 11) is 2.91. The summed E-state index contributed by atoms with van der Waals surface area (Å²) in [4.78, 5) is 24.7. The maximum Gasteiger partial charge on any atom is 0.416 e. The van der Waals surface area contributed by atoms with Crippen molar-refractivity contribution in [3.05, 3.63) is 73.2 Å². The molecule has 0 radical (unpaired) electrons. The Bertz CT molecular complexity index is 1360. The van der Waals surface area contributed by atoms with E-state index in [9.17, 15) is 18.0 Å². The number of hydrogen-bond donors (Lipinski definition) is 1. The fourth-order valence-corrected chi connectivity index (χ4v) is 3.49. The first kappa shape index (κ1) is 22.1. The standard InChI is InChI=1S/C24H19F3N4O2/c1-4-22(32)31(2)18-8-15(7-17(11-18)24(25,26)27)16-9-19-20(13-30-23(19)29-12-16)14-5-6-28-21(10-14)33-3/h4-13H,1H2,2-3H3,(H,29,30). The second-order valence-electron chi connectivity index (χ2n) is 7.28. The highest BCUT2D eigenvalue weighted by atomic mass is 19.4. The Hall–Kier alpha value is -4.14. The van der Waals surface area contributed by atoms with Gasteiger partial charge in [-0.3, -0.25) is 4.79 Å². The molecular formula is C24H19F3N4O2. The molecule has 1 amide bonds. The number of nitrogens with one attached hydrogen (secondary N) is 1. The van der Waals surface area contributed by atoms with Crippen molar-refractivity contribution >= 4 is 22.6 Å². The van der Waals surface area contributed by atoms with Crippen LogP contribution in [0, 0.1) is 0 Å². The van der Waals surface area contributed by atoms with E-state index in [1.165, 1.54) is 26.4 Å². The molecule has 0 fully saturated rings. The lowest BCUT2D eigenvalue weighted by atomic mass is 10.00. The van der Waals surface area contributed by atoms with Crippen LogP contribution in [0.15, 0.2) is 67.6 Å². The van der Waals surface area contributed by atoms with Gasteiger partial charge in [-0.1, -0.05) is 6.58 Å². The predicted molar refractivity (Wildman–Crippen MR) is 120 cm³/mol. The Balaban J connectivity index is 1.87. The maximum atomic E-state index is 13.6. The van der Waals surface area contributed by atoms with Crippen LogP contribution < -0.4 is 9.64 Å². The highest BCUT2D eigenvalue weighted by Crippen LogP contribution is 2.37. The van der Waals surface area contributed by atoms with Crippen molar-refractivity contribution < 1.29 is 22.7 Å². The summed E-state index contributed by atoms with van der Waals surface area (Å²) in [6.07, 6.45) is 1.32. The van der Waals surface area contributed by atoms with Gasteiger partial charge in [-0.25, -0.2) is 9.97 Å². The normalized spacial score (nSPS) is 11.4. The van der Waals surface area contributed by atoms with Crippen LogP contribution in [0.2, 0.25) is 0 Å². The first-order valence-corrected chi connectivity index (χ1v) is 9.81. The minimum Gasteiger partial charge on any atom is -0.481 e. The van der Waals surface area contributed by atoms with Crippen LogP contribution in [-0.4, -0.2) is 35.0 Å². The smallest absolute Gasteiger partial charge is 0.416 e. The van der Waals surface area contributed by atoms with Crippen molar-refractivity contribution in [2.75, 3.05) is 19.1 Å². The van der Waals surface area contributed by atoms with E-state index in [0.29, 0.717) is 17.1 Å². The lowest BCUT2D eigenvalue weighted by Crippen LogP contribution is -2.24. The maximum absolute atomic E-state index is 13.6. The van der Waals surface area contributed by atoms with Crippen molar-refractivity contribution in [3.63, 3.8) is 0 Å². The topological polar surface area (TPSA) is 71.1 Å². The molecule has 0 unspecified atom stereocenters. The number of amides is 1. The summed E-state index contributed by atoms with van der Waals surface area (Å²) in [6, 6.07) is 8.81. The van der Waals surface area contributed by atoms with Crippen LogP contribution in [0.25, 0.3) is 33.3 Å². The number of benzene rings is 1. The van der Waals surface area contributed by atoms with Gasteiger partial charge >= 0.3 is 6.18 Å². The third kappa shape index (κ3) is 4.30. The Morgan fingerprint density at radius 2 is 1.91 bits per heavy atom. The summed E-state index contributed by atoms with van der Waals surface area (Å²) in [5, 5.41) is 0.718. The molecule has 0 spiro atoms. The van der Waals surface area contributed by atoms with Gasteiger partial charge in [0.05, 0.1) is 12.7 Å². The lowest BCUT2D eigenvalue weighted by molar-refractivity contribution is -0.137. The zero-order valence-corrected chi connectivity index (χ0v) is 17.8. The fraction of sp³-hybridized carbons (Fsp3) is 0.125. The van der Waals surface area contributed by atoms with E-state index < -0.39 is 17.6 Å². The summed E-state index contributed by atoms with van der Waals surface area (Å²) in [6.45, 7) is 3.40. The molecule has 9 heteroatoms. The number of aromatic amines is 1. The highest BCUT2D eigenvalue weighted by Gasteiger charge is 2.32. The molecule has 168 valence electrons. The van der Waals surface area contributed by atoms with Crippen molar-refractivity contribution in [3.8, 4) is 28.1 Å². The van der Waals surface area contributed by atoms with Crippen molar-refractivity contribution in [2.45, 2.75) is 6.18 Å². The van der Waals surface area contributed by atoms with Crippen LogP contribution in [0.4, 0.5) is 18.9 Å². The number of H-pyrrole nitrogens is 1. The molecule has 0 bridgehead atoms. The summed E-state index contributed by atoms with van der Waals surface area (Å²) >= 11 is 0. The number of aromatic nitrogens is 3. The van der Waals surface area contributed by atoms with Crippen molar-refractivity contribution in [1.82, 2.24) is 15.0 Å². The minimum atomic E-state index is -4.59. The van der Waals surface area contributed by atoms with Gasteiger partial charge in [0.15, 0.2) is 0 Å². The average Bonchev–Trinajstić information content (AvgIpc) is 3.25. The number of carbonyl (C=O) groups excluding carboxylic acids is 1. The Labute approximate surface area is 187 Å². The first-order chi connectivity index (χ1) is 15.7. The highest BCUT2D eigenvalue weighted by molar-refractivity contribution is 6.01. The van der Waals surface area contributed by atoms with Crippen molar-refractivity contribution in [2.24, 2.45) is 0 Å². The quantitative estimate of drug-likeness (QED) is 0.408. The van der Waals surface area contributed by atoms with Crippen LogP contribution in [0.3, 0.4) is 0 Å². The first-order valence-electron chi connectivity index (χ1n) is 9.81. The van der Waals surface area contributed by atoms with Gasteiger partial charge < -0.3 is 14.6 Å². The molecule has 0 atom stereocenters. The van der Waals surface area contributed by atoms with Crippen LogP contribution >= 0.6 is 0 Å². The zero-order valence-electron chi connectivity index (χ0n) is 17.8. The molecule has 0 aliphatic heterocycles. The van der Waals surface area contributed by atoms with E-state index in [-0.39, 0.29) is 11.3 Å². The van der Waals surface area contributed by atoms with Gasteiger partial charge in [0.1, 0.15) is 5.65 Å². The van der Waals surface area contributed by atoms with Crippen LogP contribution in [0.5, 0.6) is 5.88 Å². The minimum absolute atomic E-state index is 0.0954. The Morgan fingerprint density at radius 3 is 2.61 bits per heavy atom. The zero-order chi connectivity index (χ0) is 23.8. The van der Waals surface area contributed by atoms with E-state index in [1.54, 1.807) is 30.6 Å². The second-order valence-corrected chi connectivity index (χ2v) is 7.28. The van der Waals surface area contributed by atoms with E-state index in [1.807, 2.05) is 0 Å². The molecule has 0 aliphatic rings. The Morgan fingerprint density at radius 1 is 1.12 bits per heavy atom. The molecule has 3 heterocycles. The number of likely N-dealkylation sites (N-methyl/N-ethyl adjacent to an activating group) is 1. The molecule has 1 N–H and O–H groups in total. The number of fused-ring (bicyclic) bond motifs is 1. The van der Waals surface area contributed by atoms with Gasteiger partial charge in [0, 0.05) is 53.9 Å². The number of carbonyl (C=O) groups is 1. The number of pyridine rings is 2. The van der Waals surface area contributed by atoms with Gasteiger partial charge in [-0.05, 0) is 47.5 Å². The molecule has 33 heavy (non-hydrogen) atoms. The molecule has 0 saturated heterocycles. The second kappa shape index (κ2) is 8.42. The van der Waals surface area contributed by atoms with E-state index in [2.05, 4.69) is 21.5 Å². The predicted octanol–water partition coefficient (Wildman–Crippen LogP) is 5.47. The number of hydrogen-bond acceptors (Lipinski definition) is 4. The average molecular weight is 452 g/mol. The monoisotopic (exact) mass is 452 g/mol. The van der Waals surface area contributed by atoms with Gasteiger partial charge in [-0.2, -0.15) is 13.2 Å². The van der Waals surface area contributed by atoms with Crippen LogP contribution in [-0.2, 0) is 11.0 Å².